The zero-order chi connectivity index (χ0) is 22.6. The van der Waals surface area contributed by atoms with Gasteiger partial charge in [-0.15, -0.1) is 0 Å². The minimum Gasteiger partial charge on any atom is -0.300 e. The second-order valence-corrected chi connectivity index (χ2v) is 8.68. The first kappa shape index (κ1) is 21.0. The number of likely N-dealkylation sites (tertiary alicyclic amines) is 1. The number of Topliss-reactive ketones (excluding diaryl/α,β-unsaturated/α-hetero) is 1. The van der Waals surface area contributed by atoms with Gasteiger partial charge in [-0.2, -0.15) is 5.10 Å². The van der Waals surface area contributed by atoms with E-state index in [0.717, 1.165) is 65.8 Å². The van der Waals surface area contributed by atoms with Gasteiger partial charge in [-0.1, -0.05) is 24.3 Å². The van der Waals surface area contributed by atoms with Crippen molar-refractivity contribution in [1.29, 1.82) is 0 Å². The number of rotatable bonds is 6. The Hall–Kier alpha value is -3.82. The van der Waals surface area contributed by atoms with Crippen molar-refractivity contribution >= 4 is 22.4 Å². The minimum atomic E-state index is 0.173. The molecule has 1 saturated heterocycles. The highest BCUT2D eigenvalue weighted by molar-refractivity contribution is 6.02. The molecule has 4 aromatic rings. The van der Waals surface area contributed by atoms with E-state index in [1.54, 1.807) is 12.4 Å². The summed E-state index contributed by atoms with van der Waals surface area (Å²) < 4.78 is 0. The smallest absolute Gasteiger partial charge is 0.191 e. The molecule has 2 aromatic carbocycles. The molecule has 1 atom stereocenters. The molecule has 1 aliphatic rings. The minimum absolute atomic E-state index is 0.173. The number of para-hydroxylation sites is 1. The first-order valence-electron chi connectivity index (χ1n) is 11.3. The van der Waals surface area contributed by atoms with Crippen LogP contribution in [0.1, 0.15) is 35.2 Å². The molecule has 5 rings (SSSR count). The third-order valence-electron chi connectivity index (χ3n) is 6.42. The summed E-state index contributed by atoms with van der Waals surface area (Å²) in [6, 6.07) is 17.4. The molecule has 0 amide bonds. The summed E-state index contributed by atoms with van der Waals surface area (Å²) in [7, 11) is 0. The fourth-order valence-corrected chi connectivity index (χ4v) is 4.75. The first-order valence-corrected chi connectivity index (χ1v) is 11.3. The summed E-state index contributed by atoms with van der Waals surface area (Å²) in [6.07, 6.45) is 6.16. The zero-order valence-electron chi connectivity index (χ0n) is 18.4. The molecule has 164 valence electrons. The third kappa shape index (κ3) is 4.55. The van der Waals surface area contributed by atoms with Crippen molar-refractivity contribution in [3.05, 3.63) is 89.5 Å². The van der Waals surface area contributed by atoms with Crippen LogP contribution in [0.15, 0.2) is 67.0 Å². The first-order chi connectivity index (χ1) is 16.2. The molecule has 1 unspecified atom stereocenters. The molecule has 0 aliphatic carbocycles. The van der Waals surface area contributed by atoms with E-state index in [1.165, 1.54) is 0 Å². The van der Waals surface area contributed by atoms with Crippen LogP contribution in [0.2, 0.25) is 0 Å². The number of H-pyrrole nitrogens is 1. The van der Waals surface area contributed by atoms with E-state index < -0.39 is 0 Å². The maximum absolute atomic E-state index is 13.2. The van der Waals surface area contributed by atoms with Crippen molar-refractivity contribution < 1.29 is 4.79 Å². The largest absolute Gasteiger partial charge is 0.300 e. The predicted molar refractivity (Wildman–Crippen MR) is 129 cm³/mol. The quantitative estimate of drug-likeness (QED) is 0.313. The lowest BCUT2D eigenvalue weighted by Crippen LogP contribution is -2.35. The summed E-state index contributed by atoms with van der Waals surface area (Å²) >= 11 is 0. The van der Waals surface area contributed by atoms with Crippen molar-refractivity contribution in [1.82, 2.24) is 20.1 Å². The normalized spacial score (nSPS) is 16.5. The molecule has 6 nitrogen and oxygen atoms in total. The lowest BCUT2D eigenvalue weighted by molar-refractivity contribution is 0.0913. The summed E-state index contributed by atoms with van der Waals surface area (Å²) in [5.41, 5.74) is 5.24. The monoisotopic (exact) mass is 435 g/mol. The van der Waals surface area contributed by atoms with Gasteiger partial charge >= 0.3 is 0 Å². The van der Waals surface area contributed by atoms with Gasteiger partial charge in [-0.05, 0) is 61.2 Å². The van der Waals surface area contributed by atoms with Gasteiger partial charge in [0.1, 0.15) is 5.69 Å². The average molecular weight is 436 g/mol. The molecular weight excluding hydrogens is 410 g/mol. The number of hydrogen-bond donors (Lipinski definition) is 1. The van der Waals surface area contributed by atoms with Crippen molar-refractivity contribution in [2.75, 3.05) is 13.1 Å². The van der Waals surface area contributed by atoms with E-state index in [2.05, 4.69) is 24.9 Å². The number of nitrogens with zero attached hydrogens (tertiary/aromatic N) is 4. The molecule has 3 heterocycles. The Morgan fingerprint density at radius 1 is 1.15 bits per heavy atom. The number of aromatic nitrogens is 3. The SMILES string of the molecule is [C-]#[N+]c1ccccc1CN1CCCC(CC(=O)c2ccc3[nH]nc(-c4ccncc4)c3c2)C1. The molecular formula is C27H25N5O. The highest BCUT2D eigenvalue weighted by Gasteiger charge is 2.24. The topological polar surface area (TPSA) is 66.2 Å². The Morgan fingerprint density at radius 3 is 2.85 bits per heavy atom. The van der Waals surface area contributed by atoms with Crippen LogP contribution in [-0.4, -0.2) is 39.0 Å². The number of hydrogen-bond acceptors (Lipinski definition) is 4. The number of carbonyl (C=O) groups excluding carboxylic acids is 1. The van der Waals surface area contributed by atoms with E-state index in [1.807, 2.05) is 54.6 Å². The Labute approximate surface area is 193 Å². The van der Waals surface area contributed by atoms with Gasteiger partial charge in [0.25, 0.3) is 0 Å². The summed E-state index contributed by atoms with van der Waals surface area (Å²) in [5, 5.41) is 8.47. The number of ketones is 1. The lowest BCUT2D eigenvalue weighted by atomic mass is 9.90. The zero-order valence-corrected chi connectivity index (χ0v) is 18.4. The van der Waals surface area contributed by atoms with E-state index in [9.17, 15) is 4.79 Å². The third-order valence-corrected chi connectivity index (χ3v) is 6.42. The van der Waals surface area contributed by atoms with Crippen LogP contribution in [0.3, 0.4) is 0 Å². The van der Waals surface area contributed by atoms with Gasteiger partial charge in [0.15, 0.2) is 11.5 Å². The number of fused-ring (bicyclic) bond motifs is 1. The number of pyridine rings is 1. The summed E-state index contributed by atoms with van der Waals surface area (Å²) in [5.74, 6) is 0.498. The van der Waals surface area contributed by atoms with Crippen LogP contribution in [-0.2, 0) is 6.54 Å². The Kier molecular flexibility index (Phi) is 5.97. The summed E-state index contributed by atoms with van der Waals surface area (Å²) in [4.78, 5) is 23.3. The number of carbonyl (C=O) groups is 1. The Morgan fingerprint density at radius 2 is 2.00 bits per heavy atom. The maximum Gasteiger partial charge on any atom is 0.191 e. The van der Waals surface area contributed by atoms with Crippen LogP contribution in [0.25, 0.3) is 27.0 Å². The predicted octanol–water partition coefficient (Wildman–Crippen LogP) is 5.66. The lowest BCUT2D eigenvalue weighted by Gasteiger charge is -2.32. The van der Waals surface area contributed by atoms with Gasteiger partial charge < -0.3 is 4.90 Å². The molecule has 1 fully saturated rings. The van der Waals surface area contributed by atoms with Gasteiger partial charge in [-0.3, -0.25) is 14.9 Å². The van der Waals surface area contributed by atoms with E-state index >= 15 is 0 Å². The van der Waals surface area contributed by atoms with Crippen LogP contribution < -0.4 is 0 Å². The number of piperidine rings is 1. The van der Waals surface area contributed by atoms with Crippen LogP contribution in [0, 0.1) is 12.5 Å². The fourth-order valence-electron chi connectivity index (χ4n) is 4.75. The molecule has 0 bridgehead atoms. The van der Waals surface area contributed by atoms with Gasteiger partial charge in [-0.25, -0.2) is 4.85 Å². The van der Waals surface area contributed by atoms with E-state index in [-0.39, 0.29) is 5.78 Å². The Bertz CT molecular complexity index is 1320. The highest BCUT2D eigenvalue weighted by Crippen LogP contribution is 2.29. The van der Waals surface area contributed by atoms with Crippen LogP contribution >= 0.6 is 0 Å². The summed E-state index contributed by atoms with van der Waals surface area (Å²) in [6.45, 7) is 10.1. The van der Waals surface area contributed by atoms with E-state index in [4.69, 9.17) is 6.57 Å². The van der Waals surface area contributed by atoms with Crippen molar-refractivity contribution in [3.8, 4) is 11.3 Å². The highest BCUT2D eigenvalue weighted by atomic mass is 16.1. The average Bonchev–Trinajstić information content (AvgIpc) is 3.28. The molecule has 0 radical (unpaired) electrons. The number of nitrogens with one attached hydrogen (secondary N) is 1. The number of aromatic amines is 1. The molecule has 1 aliphatic heterocycles. The number of benzene rings is 2. The van der Waals surface area contributed by atoms with Crippen molar-refractivity contribution in [2.45, 2.75) is 25.8 Å². The molecule has 6 heteroatoms. The Balaban J connectivity index is 1.29. The van der Waals surface area contributed by atoms with Gasteiger partial charge in [0.2, 0.25) is 0 Å². The maximum atomic E-state index is 13.2. The second kappa shape index (κ2) is 9.35. The second-order valence-electron chi connectivity index (χ2n) is 8.68. The molecule has 1 N–H and O–H groups in total. The van der Waals surface area contributed by atoms with Gasteiger partial charge in [0, 0.05) is 48.4 Å². The molecule has 0 spiro atoms. The van der Waals surface area contributed by atoms with Crippen LogP contribution in [0.4, 0.5) is 5.69 Å². The van der Waals surface area contributed by atoms with Crippen LogP contribution in [0.5, 0.6) is 0 Å². The fraction of sp³-hybridized carbons (Fsp3) is 0.259. The standard InChI is InChI=1S/C27H25N5O/c1-28-24-7-3-2-6-22(24)18-32-14-4-5-19(17-32)15-26(33)21-8-9-25-23(16-21)27(31-30-25)20-10-12-29-13-11-20/h2-3,6-13,16,19H,4-5,14-15,17-18H2,(H,30,31). The molecule has 2 aromatic heterocycles. The van der Waals surface area contributed by atoms with Crippen molar-refractivity contribution in [3.63, 3.8) is 0 Å². The van der Waals surface area contributed by atoms with Gasteiger partial charge in [0.05, 0.1) is 12.1 Å². The molecule has 33 heavy (non-hydrogen) atoms. The molecule has 0 saturated carbocycles. The van der Waals surface area contributed by atoms with E-state index in [0.29, 0.717) is 18.0 Å². The van der Waals surface area contributed by atoms with Crippen molar-refractivity contribution in [2.24, 2.45) is 5.92 Å².